The summed E-state index contributed by atoms with van der Waals surface area (Å²) in [5.74, 6) is -1.04. The van der Waals surface area contributed by atoms with Crippen molar-refractivity contribution in [2.45, 2.75) is 57.1 Å². The topological polar surface area (TPSA) is 66.8 Å². The lowest BCUT2D eigenvalue weighted by Gasteiger charge is -2.42. The second-order valence-electron chi connectivity index (χ2n) is 9.09. The third-order valence-corrected chi connectivity index (χ3v) is 6.60. The van der Waals surface area contributed by atoms with Crippen LogP contribution in [-0.4, -0.2) is 57.8 Å². The first-order valence-corrected chi connectivity index (χ1v) is 13.1. The quantitative estimate of drug-likeness (QED) is 0.395. The molecular formula is C26H32Cl2F3NO4S. The number of carbonyl (C=O) groups is 2. The van der Waals surface area contributed by atoms with E-state index in [-0.39, 0.29) is 23.7 Å². The highest BCUT2D eigenvalue weighted by Crippen LogP contribution is 2.36. The molecule has 1 heterocycles. The number of carbonyl (C=O) groups excluding carboxylic acids is 1. The maximum absolute atomic E-state index is 13.2. The molecule has 0 bridgehead atoms. The van der Waals surface area contributed by atoms with Crippen LogP contribution in [0.15, 0.2) is 54.6 Å². The van der Waals surface area contributed by atoms with Gasteiger partial charge in [-0.3, -0.25) is 9.59 Å². The van der Waals surface area contributed by atoms with E-state index in [2.05, 4.69) is 0 Å². The number of halogens is 5. The van der Waals surface area contributed by atoms with Crippen LogP contribution >= 0.6 is 35.0 Å². The molecule has 206 valence electrons. The predicted octanol–water partition coefficient (Wildman–Crippen LogP) is 7.52. The highest BCUT2D eigenvalue weighted by atomic mass is 35.5. The molecule has 2 aromatic rings. The van der Waals surface area contributed by atoms with Gasteiger partial charge in [-0.1, -0.05) is 74.3 Å². The smallest absolute Gasteiger partial charge is 0.391 e. The van der Waals surface area contributed by atoms with Gasteiger partial charge >= 0.3 is 6.18 Å². The fraction of sp³-hybridized carbons (Fsp3) is 0.462. The summed E-state index contributed by atoms with van der Waals surface area (Å²) >= 11 is 12.9. The predicted molar refractivity (Wildman–Crippen MR) is 143 cm³/mol. The Labute approximate surface area is 230 Å². The number of carboxylic acid groups (broad SMARTS) is 1. The summed E-state index contributed by atoms with van der Waals surface area (Å²) < 4.78 is 44.7. The van der Waals surface area contributed by atoms with Gasteiger partial charge in [0.25, 0.3) is 5.97 Å². The largest absolute Gasteiger partial charge is 0.481 e. The van der Waals surface area contributed by atoms with Crippen LogP contribution in [0.1, 0.15) is 45.7 Å². The number of amides is 1. The van der Waals surface area contributed by atoms with Crippen molar-refractivity contribution in [2.75, 3.05) is 19.0 Å². The van der Waals surface area contributed by atoms with Gasteiger partial charge in [0.1, 0.15) is 6.61 Å². The van der Waals surface area contributed by atoms with E-state index in [1.54, 1.807) is 24.3 Å². The Kier molecular flexibility index (Phi) is 13.8. The SMILES string of the molecule is CC(=O)O.CC(C)(C)SCC(CC(F)(F)F)N1C(=O)COCC1c1ccc(Cl)cc1.Clc1ccccc1. The lowest BCUT2D eigenvalue weighted by atomic mass is 10.0. The van der Waals surface area contributed by atoms with Gasteiger partial charge in [-0.15, -0.1) is 0 Å². The van der Waals surface area contributed by atoms with Crippen LogP contribution in [0.3, 0.4) is 0 Å². The second-order valence-corrected chi connectivity index (χ2v) is 11.8. The number of alkyl halides is 3. The standard InChI is InChI=1S/C18H23ClF3NO2S.C6H5Cl.C2H4O2/c1-17(2,3)26-11-14(8-18(20,21)22)23-15(9-25-10-16(23)24)12-4-6-13(19)7-5-12;7-6-4-2-1-3-5-6;1-2(3)4/h4-7,14-15H,8-11H2,1-3H3;1-5H;1H3,(H,3,4). The van der Waals surface area contributed by atoms with E-state index in [0.29, 0.717) is 5.02 Å². The minimum atomic E-state index is -4.35. The first-order valence-electron chi connectivity index (χ1n) is 11.3. The van der Waals surface area contributed by atoms with Crippen molar-refractivity contribution in [3.8, 4) is 0 Å². The molecule has 2 unspecified atom stereocenters. The highest BCUT2D eigenvalue weighted by molar-refractivity contribution is 8.00. The summed E-state index contributed by atoms with van der Waals surface area (Å²) in [6.45, 7) is 6.89. The molecule has 0 aromatic heterocycles. The lowest BCUT2D eigenvalue weighted by molar-refractivity contribution is -0.167. The zero-order valence-corrected chi connectivity index (χ0v) is 23.4. The van der Waals surface area contributed by atoms with Gasteiger partial charge < -0.3 is 14.7 Å². The lowest BCUT2D eigenvalue weighted by Crippen LogP contribution is -2.52. The van der Waals surface area contributed by atoms with Crippen molar-refractivity contribution in [1.29, 1.82) is 0 Å². The Hall–Kier alpha value is -1.94. The van der Waals surface area contributed by atoms with Crippen LogP contribution < -0.4 is 0 Å². The Balaban J connectivity index is 0.000000514. The molecule has 5 nitrogen and oxygen atoms in total. The monoisotopic (exact) mass is 581 g/mol. The van der Waals surface area contributed by atoms with Crippen LogP contribution in [0.25, 0.3) is 0 Å². The van der Waals surface area contributed by atoms with E-state index < -0.39 is 36.6 Å². The molecule has 2 aromatic carbocycles. The van der Waals surface area contributed by atoms with E-state index in [9.17, 15) is 18.0 Å². The molecule has 0 spiro atoms. The fourth-order valence-electron chi connectivity index (χ4n) is 3.25. The second kappa shape index (κ2) is 15.5. The van der Waals surface area contributed by atoms with E-state index in [1.165, 1.54) is 16.7 Å². The van der Waals surface area contributed by atoms with Gasteiger partial charge in [-0.25, -0.2) is 0 Å². The molecule has 1 N–H and O–H groups in total. The minimum absolute atomic E-state index is 0.169. The number of nitrogens with zero attached hydrogens (tertiary/aromatic N) is 1. The summed E-state index contributed by atoms with van der Waals surface area (Å²) in [6.07, 6.45) is -5.39. The molecule has 0 radical (unpaired) electrons. The van der Waals surface area contributed by atoms with Crippen LogP contribution in [0.4, 0.5) is 13.2 Å². The van der Waals surface area contributed by atoms with Crippen molar-refractivity contribution in [3.63, 3.8) is 0 Å². The summed E-state index contributed by atoms with van der Waals surface area (Å²) in [5, 5.41) is 8.74. The number of morpholine rings is 1. The van der Waals surface area contributed by atoms with Crippen molar-refractivity contribution in [1.82, 2.24) is 4.90 Å². The number of hydrogen-bond donors (Lipinski definition) is 1. The molecule has 11 heteroatoms. The Bertz CT molecular complexity index is 967. The van der Waals surface area contributed by atoms with Crippen LogP contribution in [0.2, 0.25) is 10.0 Å². The number of rotatable bonds is 5. The van der Waals surface area contributed by atoms with Crippen molar-refractivity contribution < 1.29 is 32.6 Å². The molecule has 37 heavy (non-hydrogen) atoms. The maximum Gasteiger partial charge on any atom is 0.391 e. The Morgan fingerprint density at radius 3 is 2.03 bits per heavy atom. The average Bonchev–Trinajstić information content (AvgIpc) is 2.76. The summed E-state index contributed by atoms with van der Waals surface area (Å²) in [4.78, 5) is 22.9. The minimum Gasteiger partial charge on any atom is -0.481 e. The van der Waals surface area contributed by atoms with Gasteiger partial charge in [0.15, 0.2) is 0 Å². The van der Waals surface area contributed by atoms with Crippen molar-refractivity contribution >= 4 is 46.8 Å². The molecule has 0 saturated carbocycles. The van der Waals surface area contributed by atoms with E-state index >= 15 is 0 Å². The molecule has 1 aliphatic heterocycles. The zero-order valence-electron chi connectivity index (χ0n) is 21.1. The van der Waals surface area contributed by atoms with E-state index in [4.69, 9.17) is 37.8 Å². The molecule has 1 amide bonds. The molecule has 3 rings (SSSR count). The van der Waals surface area contributed by atoms with Gasteiger partial charge in [-0.05, 0) is 29.8 Å². The number of hydrogen-bond acceptors (Lipinski definition) is 4. The molecule has 1 fully saturated rings. The Morgan fingerprint density at radius 1 is 1.08 bits per heavy atom. The van der Waals surface area contributed by atoms with Gasteiger partial charge in [0.2, 0.25) is 5.91 Å². The van der Waals surface area contributed by atoms with Crippen LogP contribution in [-0.2, 0) is 14.3 Å². The first kappa shape index (κ1) is 33.1. The van der Waals surface area contributed by atoms with E-state index in [1.807, 2.05) is 51.1 Å². The summed E-state index contributed by atoms with van der Waals surface area (Å²) in [7, 11) is 0. The van der Waals surface area contributed by atoms with Crippen molar-refractivity contribution in [3.05, 3.63) is 70.2 Å². The van der Waals surface area contributed by atoms with Gasteiger partial charge in [0.05, 0.1) is 25.1 Å². The zero-order chi connectivity index (χ0) is 28.2. The van der Waals surface area contributed by atoms with Gasteiger partial charge in [-0.2, -0.15) is 24.9 Å². The summed E-state index contributed by atoms with van der Waals surface area (Å²) in [6, 6.07) is 14.7. The van der Waals surface area contributed by atoms with Gasteiger partial charge in [0, 0.05) is 27.5 Å². The average molecular weight is 583 g/mol. The Morgan fingerprint density at radius 2 is 1.59 bits per heavy atom. The summed E-state index contributed by atoms with van der Waals surface area (Å²) in [5.41, 5.74) is 0.718. The number of ether oxygens (including phenoxy) is 1. The number of carboxylic acids is 1. The van der Waals surface area contributed by atoms with Crippen LogP contribution in [0.5, 0.6) is 0 Å². The molecule has 1 aliphatic rings. The maximum atomic E-state index is 13.2. The number of aliphatic carboxylic acids is 1. The first-order chi connectivity index (χ1) is 17.1. The third kappa shape index (κ3) is 14.5. The number of benzene rings is 2. The highest BCUT2D eigenvalue weighted by Gasteiger charge is 2.41. The number of thioether (sulfide) groups is 1. The molecule has 2 atom stereocenters. The third-order valence-electron chi connectivity index (χ3n) is 4.68. The van der Waals surface area contributed by atoms with Crippen LogP contribution in [0, 0.1) is 0 Å². The molecular weight excluding hydrogens is 550 g/mol. The fourth-order valence-corrected chi connectivity index (χ4v) is 4.49. The van der Waals surface area contributed by atoms with E-state index in [0.717, 1.165) is 17.5 Å². The van der Waals surface area contributed by atoms with Crippen molar-refractivity contribution in [2.24, 2.45) is 0 Å². The molecule has 1 saturated heterocycles. The normalized spacial score (nSPS) is 16.6. The molecule has 0 aliphatic carbocycles.